The first-order valence-electron chi connectivity index (χ1n) is 11.5. The minimum atomic E-state index is 0.659. The van der Waals surface area contributed by atoms with Crippen LogP contribution in [-0.4, -0.2) is 0 Å². The molecule has 4 aromatic carbocycles. The van der Waals surface area contributed by atoms with E-state index in [0.717, 1.165) is 0 Å². The molecule has 0 unspecified atom stereocenters. The van der Waals surface area contributed by atoms with Crippen LogP contribution in [0.3, 0.4) is 0 Å². The monoisotopic (exact) mass is 424 g/mol. The van der Waals surface area contributed by atoms with Crippen molar-refractivity contribution < 1.29 is 0 Å². The molecule has 0 spiro atoms. The van der Waals surface area contributed by atoms with Crippen molar-refractivity contribution in [3.63, 3.8) is 0 Å². The van der Waals surface area contributed by atoms with E-state index in [1.54, 1.807) is 0 Å². The maximum absolute atomic E-state index is 2.20. The smallest absolute Gasteiger partial charge is 0.0219 e. The van der Waals surface area contributed by atoms with Crippen molar-refractivity contribution in [1.29, 1.82) is 0 Å². The topological polar surface area (TPSA) is 0 Å². The van der Waals surface area contributed by atoms with Crippen LogP contribution in [0.25, 0.3) is 0 Å². The Balaban J connectivity index is 0.000000215. The molecule has 0 aromatic heterocycles. The first-order chi connectivity index (χ1) is 15.4. The fourth-order valence-corrected chi connectivity index (χ4v) is 2.74. The van der Waals surface area contributed by atoms with Crippen molar-refractivity contribution in [2.75, 3.05) is 0 Å². The molecule has 0 atom stereocenters. The molecule has 0 bridgehead atoms. The first-order valence-corrected chi connectivity index (χ1v) is 11.5. The average molecular weight is 425 g/mol. The van der Waals surface area contributed by atoms with Crippen LogP contribution in [0.1, 0.15) is 61.8 Å². The van der Waals surface area contributed by atoms with Gasteiger partial charge in [-0.2, -0.15) is 0 Å². The van der Waals surface area contributed by atoms with E-state index >= 15 is 0 Å². The molecular formula is C32H40. The van der Waals surface area contributed by atoms with Gasteiger partial charge in [-0.25, -0.2) is 0 Å². The lowest BCUT2D eigenvalue weighted by atomic mass is 10.0. The molecule has 0 amide bonds. The molecule has 0 saturated heterocycles. The van der Waals surface area contributed by atoms with Gasteiger partial charge in [-0.05, 0) is 36.8 Å². The summed E-state index contributed by atoms with van der Waals surface area (Å²) in [7, 11) is 0. The summed E-state index contributed by atoms with van der Waals surface area (Å²) in [6, 6.07) is 41.6. The summed E-state index contributed by atoms with van der Waals surface area (Å²) in [4.78, 5) is 0. The second-order valence-electron chi connectivity index (χ2n) is 8.44. The Labute approximate surface area is 197 Å². The molecule has 32 heavy (non-hydrogen) atoms. The first kappa shape index (κ1) is 26.9. The lowest BCUT2D eigenvalue weighted by molar-refractivity contribution is 0.867. The van der Waals surface area contributed by atoms with Gasteiger partial charge in [0.2, 0.25) is 0 Å². The van der Waals surface area contributed by atoms with Gasteiger partial charge in [0.1, 0.15) is 0 Å². The summed E-state index contributed by atoms with van der Waals surface area (Å²) in [5.74, 6) is 1.32. The molecule has 0 aliphatic carbocycles. The minimum Gasteiger partial charge on any atom is -0.0622 e. The molecule has 0 N–H and O–H groups in total. The van der Waals surface area contributed by atoms with Crippen molar-refractivity contribution in [1.82, 2.24) is 0 Å². The fourth-order valence-electron chi connectivity index (χ4n) is 2.74. The van der Waals surface area contributed by atoms with Gasteiger partial charge in [0.05, 0.1) is 0 Å². The van der Waals surface area contributed by atoms with Gasteiger partial charge in [0, 0.05) is 0 Å². The van der Waals surface area contributed by atoms with Crippen LogP contribution >= 0.6 is 0 Å². The highest BCUT2D eigenvalue weighted by Crippen LogP contribution is 2.12. The lowest BCUT2D eigenvalue weighted by Crippen LogP contribution is -1.83. The molecule has 4 aromatic rings. The third kappa shape index (κ3) is 13.2. The van der Waals surface area contributed by atoms with E-state index in [9.17, 15) is 0 Å². The molecule has 168 valence electrons. The predicted molar refractivity (Wildman–Crippen MR) is 143 cm³/mol. The largest absolute Gasteiger partial charge is 0.0622 e. The van der Waals surface area contributed by atoms with E-state index in [1.165, 1.54) is 22.3 Å². The highest BCUT2D eigenvalue weighted by Gasteiger charge is 1.94. The third-order valence-corrected chi connectivity index (χ3v) is 4.81. The second kappa shape index (κ2) is 16.6. The van der Waals surface area contributed by atoms with Gasteiger partial charge in [-0.3, -0.25) is 0 Å². The predicted octanol–water partition coefficient (Wildman–Crippen LogP) is 9.61. The number of aryl methyl sites for hydroxylation is 2. The van der Waals surface area contributed by atoms with Gasteiger partial charge in [0.15, 0.2) is 0 Å². The van der Waals surface area contributed by atoms with Gasteiger partial charge in [0.25, 0.3) is 0 Å². The van der Waals surface area contributed by atoms with E-state index in [0.29, 0.717) is 11.8 Å². The zero-order chi connectivity index (χ0) is 23.6. The van der Waals surface area contributed by atoms with E-state index in [4.69, 9.17) is 0 Å². The Bertz CT molecular complexity index is 828. The Morgan fingerprint density at radius 3 is 0.688 bits per heavy atom. The summed E-state index contributed by atoms with van der Waals surface area (Å²) in [6.07, 6.45) is 0. The summed E-state index contributed by atoms with van der Waals surface area (Å²) >= 11 is 0. The fraction of sp³-hybridized carbons (Fsp3) is 0.250. The number of hydrogen-bond donors (Lipinski definition) is 0. The lowest BCUT2D eigenvalue weighted by Gasteiger charge is -2.01. The Kier molecular flexibility index (Phi) is 13.9. The molecule has 4 rings (SSSR count). The van der Waals surface area contributed by atoms with Crippen LogP contribution in [-0.2, 0) is 0 Å². The third-order valence-electron chi connectivity index (χ3n) is 4.81. The molecular weight excluding hydrogens is 384 g/mol. The Morgan fingerprint density at radius 1 is 0.344 bits per heavy atom. The van der Waals surface area contributed by atoms with E-state index < -0.39 is 0 Å². The molecule has 0 saturated carbocycles. The van der Waals surface area contributed by atoms with Crippen LogP contribution in [0.2, 0.25) is 0 Å². The van der Waals surface area contributed by atoms with Gasteiger partial charge >= 0.3 is 0 Å². The van der Waals surface area contributed by atoms with Gasteiger partial charge in [-0.1, -0.05) is 160 Å². The zero-order valence-electron chi connectivity index (χ0n) is 20.7. The van der Waals surface area contributed by atoms with Crippen molar-refractivity contribution in [3.8, 4) is 0 Å². The summed E-state index contributed by atoms with van der Waals surface area (Å²) in [5, 5.41) is 0. The van der Waals surface area contributed by atoms with Crippen LogP contribution in [0.15, 0.2) is 121 Å². The zero-order valence-corrected chi connectivity index (χ0v) is 20.7. The van der Waals surface area contributed by atoms with Crippen LogP contribution in [0.5, 0.6) is 0 Å². The van der Waals surface area contributed by atoms with Gasteiger partial charge in [-0.15, -0.1) is 0 Å². The standard InChI is InChI=1S/2C9H12.2C7H8/c2*1-8(2)9-6-4-3-5-7-9;2*1-7-5-3-2-4-6-7/h2*3-8H,1-2H3;2*2-6H,1H3. The van der Waals surface area contributed by atoms with Crippen molar-refractivity contribution in [3.05, 3.63) is 144 Å². The number of rotatable bonds is 2. The molecule has 0 heterocycles. The van der Waals surface area contributed by atoms with Crippen molar-refractivity contribution >= 4 is 0 Å². The maximum Gasteiger partial charge on any atom is -0.0219 e. The van der Waals surface area contributed by atoms with E-state index in [2.05, 4.69) is 114 Å². The van der Waals surface area contributed by atoms with Crippen LogP contribution in [0.4, 0.5) is 0 Å². The summed E-state index contributed by atoms with van der Waals surface area (Å²) in [6.45, 7) is 13.0. The average Bonchev–Trinajstić information content (AvgIpc) is 2.82. The molecule has 0 radical (unpaired) electrons. The minimum absolute atomic E-state index is 0.659. The number of benzene rings is 4. The normalized spacial score (nSPS) is 9.50. The van der Waals surface area contributed by atoms with E-state index in [-0.39, 0.29) is 0 Å². The maximum atomic E-state index is 2.20. The van der Waals surface area contributed by atoms with Crippen LogP contribution < -0.4 is 0 Å². The highest BCUT2D eigenvalue weighted by molar-refractivity contribution is 5.18. The van der Waals surface area contributed by atoms with Gasteiger partial charge < -0.3 is 0 Å². The number of hydrogen-bond acceptors (Lipinski definition) is 0. The summed E-state index contributed by atoms with van der Waals surface area (Å²) < 4.78 is 0. The quantitative estimate of drug-likeness (QED) is 0.300. The highest BCUT2D eigenvalue weighted by atomic mass is 14.0. The molecule has 0 heteroatoms. The van der Waals surface area contributed by atoms with Crippen molar-refractivity contribution in [2.45, 2.75) is 53.4 Å². The molecule has 0 fully saturated rings. The van der Waals surface area contributed by atoms with E-state index in [1.807, 2.05) is 48.5 Å². The molecule has 0 nitrogen and oxygen atoms in total. The SMILES string of the molecule is CC(C)c1ccccc1.CC(C)c1ccccc1.Cc1ccccc1.Cc1ccccc1. The molecule has 0 aliphatic heterocycles. The Hall–Kier alpha value is -3.12. The van der Waals surface area contributed by atoms with Crippen LogP contribution in [0, 0.1) is 13.8 Å². The molecule has 0 aliphatic rings. The summed E-state index contributed by atoms with van der Waals surface area (Å²) in [5.41, 5.74) is 5.47. The second-order valence-corrected chi connectivity index (χ2v) is 8.44. The Morgan fingerprint density at radius 2 is 0.562 bits per heavy atom. The van der Waals surface area contributed by atoms with Crippen molar-refractivity contribution in [2.24, 2.45) is 0 Å².